The van der Waals surface area contributed by atoms with Crippen LogP contribution in [-0.4, -0.2) is 26.4 Å². The van der Waals surface area contributed by atoms with E-state index in [9.17, 15) is 4.79 Å². The van der Waals surface area contributed by atoms with Crippen molar-refractivity contribution in [2.24, 2.45) is 0 Å². The number of oxazole rings is 1. The number of nitrogens with one attached hydrogen (secondary N) is 1. The fraction of sp³-hybridized carbons (Fsp3) is 0.632. The number of rotatable bonds is 3. The number of fused-ring (bicyclic) bond motifs is 1. The molecule has 4 rings (SSSR count). The zero-order chi connectivity index (χ0) is 17.4. The van der Waals surface area contributed by atoms with Crippen LogP contribution in [-0.2, 0) is 19.5 Å². The van der Waals surface area contributed by atoms with Crippen LogP contribution in [0.15, 0.2) is 9.21 Å². The third-order valence-corrected chi connectivity index (χ3v) is 5.53. The summed E-state index contributed by atoms with van der Waals surface area (Å²) < 4.78 is 5.51. The fourth-order valence-corrected chi connectivity index (χ4v) is 4.14. The number of nitrogens with zero attached hydrogens (tertiary/aromatic N) is 3. The van der Waals surface area contributed by atoms with Gasteiger partial charge in [0.2, 0.25) is 0 Å². The summed E-state index contributed by atoms with van der Waals surface area (Å²) in [5.74, 6) is 2.91. The van der Waals surface area contributed by atoms with Crippen molar-refractivity contribution in [3.8, 4) is 0 Å². The van der Waals surface area contributed by atoms with E-state index in [1.807, 2.05) is 13.8 Å². The molecule has 2 aliphatic rings. The minimum Gasteiger partial charge on any atom is -0.446 e. The molecule has 6 nitrogen and oxygen atoms in total. The first-order chi connectivity index (χ1) is 12.1. The molecule has 0 radical (unpaired) electrons. The van der Waals surface area contributed by atoms with Gasteiger partial charge < -0.3 is 9.40 Å². The summed E-state index contributed by atoms with van der Waals surface area (Å²) in [4.78, 5) is 27.3. The first kappa shape index (κ1) is 16.5. The van der Waals surface area contributed by atoms with Crippen LogP contribution in [0.2, 0.25) is 0 Å². The molecule has 134 valence electrons. The maximum absolute atomic E-state index is 12.6. The quantitative estimate of drug-likeness (QED) is 0.928. The molecular formula is C19H26N4O2. The average molecular weight is 342 g/mol. The van der Waals surface area contributed by atoms with Crippen LogP contribution in [0.5, 0.6) is 0 Å². The Kier molecular flexibility index (Phi) is 4.46. The minimum atomic E-state index is 0.0447. The van der Waals surface area contributed by atoms with E-state index in [1.54, 1.807) is 0 Å². The molecule has 0 amide bonds. The molecule has 3 heterocycles. The first-order valence-electron chi connectivity index (χ1n) is 9.37. The van der Waals surface area contributed by atoms with Gasteiger partial charge in [-0.1, -0.05) is 19.3 Å². The van der Waals surface area contributed by atoms with Crippen LogP contribution in [0.3, 0.4) is 0 Å². The maximum Gasteiger partial charge on any atom is 0.255 e. The van der Waals surface area contributed by atoms with Gasteiger partial charge in [0, 0.05) is 38.9 Å². The maximum atomic E-state index is 12.6. The number of hydrogen-bond acceptors (Lipinski definition) is 5. The molecule has 0 spiro atoms. The van der Waals surface area contributed by atoms with Gasteiger partial charge in [-0.15, -0.1) is 0 Å². The minimum absolute atomic E-state index is 0.0447. The highest BCUT2D eigenvalue weighted by Gasteiger charge is 2.25. The highest BCUT2D eigenvalue weighted by molar-refractivity contribution is 5.22. The van der Waals surface area contributed by atoms with Crippen molar-refractivity contribution in [3.05, 3.63) is 44.8 Å². The van der Waals surface area contributed by atoms with Crippen molar-refractivity contribution < 1.29 is 4.42 Å². The average Bonchev–Trinajstić information content (AvgIpc) is 2.93. The van der Waals surface area contributed by atoms with Crippen molar-refractivity contribution in [1.29, 1.82) is 0 Å². The number of aryl methyl sites for hydroxylation is 2. The van der Waals surface area contributed by atoms with E-state index in [4.69, 9.17) is 9.40 Å². The molecule has 2 aromatic rings. The van der Waals surface area contributed by atoms with Crippen LogP contribution < -0.4 is 5.56 Å². The lowest BCUT2D eigenvalue weighted by Gasteiger charge is -2.28. The molecule has 1 saturated carbocycles. The van der Waals surface area contributed by atoms with Crippen molar-refractivity contribution >= 4 is 0 Å². The Labute approximate surface area is 147 Å². The molecule has 0 saturated heterocycles. The Morgan fingerprint density at radius 3 is 2.72 bits per heavy atom. The lowest BCUT2D eigenvalue weighted by atomic mass is 9.88. The summed E-state index contributed by atoms with van der Waals surface area (Å²) in [7, 11) is 0. The lowest BCUT2D eigenvalue weighted by Crippen LogP contribution is -2.36. The fourth-order valence-electron chi connectivity index (χ4n) is 4.14. The SMILES string of the molecule is Cc1nc(CN2CCc3nc(C4CCCCC4)[nH]c(=O)c3C2)c(C)o1. The third kappa shape index (κ3) is 3.40. The molecule has 1 aliphatic heterocycles. The second-order valence-electron chi connectivity index (χ2n) is 7.41. The normalized spacial score (nSPS) is 19.1. The summed E-state index contributed by atoms with van der Waals surface area (Å²) >= 11 is 0. The van der Waals surface area contributed by atoms with Crippen LogP contribution >= 0.6 is 0 Å². The molecule has 1 aliphatic carbocycles. The van der Waals surface area contributed by atoms with Gasteiger partial charge in [-0.05, 0) is 19.8 Å². The van der Waals surface area contributed by atoms with E-state index in [2.05, 4.69) is 14.9 Å². The summed E-state index contributed by atoms with van der Waals surface area (Å²) in [6.07, 6.45) is 6.93. The van der Waals surface area contributed by atoms with Crippen LogP contribution in [0.25, 0.3) is 0 Å². The number of hydrogen-bond donors (Lipinski definition) is 1. The summed E-state index contributed by atoms with van der Waals surface area (Å²) in [5.41, 5.74) is 2.82. The van der Waals surface area contributed by atoms with Crippen molar-refractivity contribution in [2.75, 3.05) is 6.54 Å². The summed E-state index contributed by atoms with van der Waals surface area (Å²) in [6.45, 7) is 6.06. The Balaban J connectivity index is 1.53. The number of aromatic nitrogens is 3. The highest BCUT2D eigenvalue weighted by Crippen LogP contribution is 2.30. The van der Waals surface area contributed by atoms with Gasteiger partial charge in [0.15, 0.2) is 5.89 Å². The zero-order valence-corrected chi connectivity index (χ0v) is 15.1. The molecular weight excluding hydrogens is 316 g/mol. The summed E-state index contributed by atoms with van der Waals surface area (Å²) in [5, 5.41) is 0. The van der Waals surface area contributed by atoms with Crippen LogP contribution in [0.4, 0.5) is 0 Å². The predicted molar refractivity (Wildman–Crippen MR) is 94.5 cm³/mol. The van der Waals surface area contributed by atoms with Gasteiger partial charge in [0.05, 0.1) is 17.0 Å². The molecule has 0 bridgehead atoms. The molecule has 0 atom stereocenters. The molecule has 25 heavy (non-hydrogen) atoms. The Hall–Kier alpha value is -1.95. The van der Waals surface area contributed by atoms with Gasteiger partial charge >= 0.3 is 0 Å². The Morgan fingerprint density at radius 1 is 1.20 bits per heavy atom. The van der Waals surface area contributed by atoms with E-state index in [0.717, 1.165) is 54.3 Å². The molecule has 6 heteroatoms. The predicted octanol–water partition coefficient (Wildman–Crippen LogP) is 2.98. The smallest absolute Gasteiger partial charge is 0.255 e. The van der Waals surface area contributed by atoms with E-state index in [-0.39, 0.29) is 5.56 Å². The molecule has 1 N–H and O–H groups in total. The van der Waals surface area contributed by atoms with Crippen LogP contribution in [0.1, 0.15) is 72.4 Å². The van der Waals surface area contributed by atoms with Crippen molar-refractivity contribution in [3.63, 3.8) is 0 Å². The lowest BCUT2D eigenvalue weighted by molar-refractivity contribution is 0.237. The van der Waals surface area contributed by atoms with Gasteiger partial charge in [-0.25, -0.2) is 9.97 Å². The van der Waals surface area contributed by atoms with Crippen LogP contribution in [0, 0.1) is 13.8 Å². The molecule has 2 aromatic heterocycles. The standard InChI is InChI=1S/C19H26N4O2/c1-12-17(20-13(2)25-12)11-23-9-8-16-15(10-23)19(24)22-18(21-16)14-6-4-3-5-7-14/h14H,3-11H2,1-2H3,(H,21,22,24). The largest absolute Gasteiger partial charge is 0.446 e. The Morgan fingerprint density at radius 2 is 2.00 bits per heavy atom. The molecule has 0 aromatic carbocycles. The van der Waals surface area contributed by atoms with E-state index >= 15 is 0 Å². The third-order valence-electron chi connectivity index (χ3n) is 5.53. The second-order valence-corrected chi connectivity index (χ2v) is 7.41. The first-order valence-corrected chi connectivity index (χ1v) is 9.37. The van der Waals surface area contributed by atoms with Crippen molar-refractivity contribution in [2.45, 2.75) is 71.4 Å². The molecule has 0 unspecified atom stereocenters. The zero-order valence-electron chi connectivity index (χ0n) is 15.1. The van der Waals surface area contributed by atoms with Gasteiger partial charge in [0.25, 0.3) is 5.56 Å². The van der Waals surface area contributed by atoms with Gasteiger partial charge in [0.1, 0.15) is 11.6 Å². The van der Waals surface area contributed by atoms with Gasteiger partial charge in [-0.3, -0.25) is 9.69 Å². The van der Waals surface area contributed by atoms with E-state index in [1.165, 1.54) is 19.3 Å². The van der Waals surface area contributed by atoms with E-state index < -0.39 is 0 Å². The topological polar surface area (TPSA) is 75.0 Å². The number of aromatic amines is 1. The summed E-state index contributed by atoms with van der Waals surface area (Å²) in [6, 6.07) is 0. The van der Waals surface area contributed by atoms with Gasteiger partial charge in [-0.2, -0.15) is 0 Å². The molecule has 1 fully saturated rings. The van der Waals surface area contributed by atoms with E-state index in [0.29, 0.717) is 24.9 Å². The second kappa shape index (κ2) is 6.75. The highest BCUT2D eigenvalue weighted by atomic mass is 16.4. The van der Waals surface area contributed by atoms with Crippen molar-refractivity contribution in [1.82, 2.24) is 19.9 Å². The number of H-pyrrole nitrogens is 1. The monoisotopic (exact) mass is 342 g/mol. The Bertz CT molecular complexity index is 817.